The molecule has 20 heavy (non-hydrogen) atoms. The molecule has 0 amide bonds. The standard InChI is InChI=1S/C16H12BrClO2/c1-16(19,11-3-2-4-12(17)9-11)15-8-10-7-13(18)5-6-14(10)20-15/h2-9,19H,1H3. The highest BCUT2D eigenvalue weighted by Crippen LogP contribution is 2.34. The number of aliphatic hydroxyl groups is 1. The normalized spacial score (nSPS) is 14.4. The molecule has 0 fully saturated rings. The highest BCUT2D eigenvalue weighted by atomic mass is 79.9. The fourth-order valence-corrected chi connectivity index (χ4v) is 2.77. The van der Waals surface area contributed by atoms with Crippen molar-refractivity contribution in [2.45, 2.75) is 12.5 Å². The molecular weight excluding hydrogens is 340 g/mol. The Kier molecular flexibility index (Phi) is 3.36. The zero-order valence-corrected chi connectivity index (χ0v) is 13.1. The van der Waals surface area contributed by atoms with Crippen molar-refractivity contribution in [3.8, 4) is 0 Å². The van der Waals surface area contributed by atoms with Crippen molar-refractivity contribution in [2.75, 3.05) is 0 Å². The van der Waals surface area contributed by atoms with E-state index in [1.165, 1.54) is 0 Å². The maximum Gasteiger partial charge on any atom is 0.144 e. The molecule has 1 unspecified atom stereocenters. The van der Waals surface area contributed by atoms with Crippen LogP contribution < -0.4 is 0 Å². The van der Waals surface area contributed by atoms with Crippen LogP contribution in [0.5, 0.6) is 0 Å². The second kappa shape index (κ2) is 4.92. The lowest BCUT2D eigenvalue weighted by Crippen LogP contribution is -2.21. The van der Waals surface area contributed by atoms with Gasteiger partial charge in [0.1, 0.15) is 16.9 Å². The minimum Gasteiger partial charge on any atom is -0.458 e. The molecule has 3 rings (SSSR count). The Morgan fingerprint density at radius 1 is 1.15 bits per heavy atom. The summed E-state index contributed by atoms with van der Waals surface area (Å²) in [5.74, 6) is 0.493. The Balaban J connectivity index is 2.13. The fourth-order valence-electron chi connectivity index (χ4n) is 2.19. The van der Waals surface area contributed by atoms with E-state index in [-0.39, 0.29) is 0 Å². The summed E-state index contributed by atoms with van der Waals surface area (Å²) in [6, 6.07) is 14.8. The van der Waals surface area contributed by atoms with Crippen molar-refractivity contribution >= 4 is 38.5 Å². The highest BCUT2D eigenvalue weighted by molar-refractivity contribution is 9.10. The Hall–Kier alpha value is -1.29. The van der Waals surface area contributed by atoms with Crippen LogP contribution in [0, 0.1) is 0 Å². The molecule has 1 atom stereocenters. The van der Waals surface area contributed by atoms with Crippen LogP contribution in [0.4, 0.5) is 0 Å². The molecule has 0 aliphatic heterocycles. The highest BCUT2D eigenvalue weighted by Gasteiger charge is 2.29. The molecule has 0 aliphatic rings. The lowest BCUT2D eigenvalue weighted by atomic mass is 9.93. The molecule has 0 saturated carbocycles. The predicted octanol–water partition coefficient (Wildman–Crippen LogP) is 5.10. The Bertz CT molecular complexity index is 777. The van der Waals surface area contributed by atoms with Gasteiger partial charge < -0.3 is 9.52 Å². The van der Waals surface area contributed by atoms with Crippen LogP contribution in [-0.2, 0) is 5.60 Å². The van der Waals surface area contributed by atoms with E-state index in [0.29, 0.717) is 16.4 Å². The summed E-state index contributed by atoms with van der Waals surface area (Å²) in [5, 5.41) is 12.3. The maximum atomic E-state index is 10.8. The Morgan fingerprint density at radius 2 is 1.95 bits per heavy atom. The zero-order valence-electron chi connectivity index (χ0n) is 10.7. The summed E-state index contributed by atoms with van der Waals surface area (Å²) in [6.07, 6.45) is 0. The molecule has 1 heterocycles. The van der Waals surface area contributed by atoms with Gasteiger partial charge in [0, 0.05) is 14.9 Å². The van der Waals surface area contributed by atoms with Gasteiger partial charge >= 0.3 is 0 Å². The molecule has 0 spiro atoms. The number of hydrogen-bond donors (Lipinski definition) is 1. The molecule has 2 aromatic carbocycles. The van der Waals surface area contributed by atoms with E-state index in [1.807, 2.05) is 36.4 Å². The number of hydrogen-bond acceptors (Lipinski definition) is 2. The van der Waals surface area contributed by atoms with Gasteiger partial charge in [0.15, 0.2) is 0 Å². The average molecular weight is 352 g/mol. The van der Waals surface area contributed by atoms with Crippen molar-refractivity contribution in [2.24, 2.45) is 0 Å². The SMILES string of the molecule is CC(O)(c1cccc(Br)c1)c1cc2cc(Cl)ccc2o1. The lowest BCUT2D eigenvalue weighted by Gasteiger charge is -2.21. The average Bonchev–Trinajstić information content (AvgIpc) is 2.82. The van der Waals surface area contributed by atoms with Gasteiger partial charge in [0.05, 0.1) is 0 Å². The van der Waals surface area contributed by atoms with E-state index in [1.54, 1.807) is 19.1 Å². The van der Waals surface area contributed by atoms with Crippen molar-refractivity contribution in [1.29, 1.82) is 0 Å². The summed E-state index contributed by atoms with van der Waals surface area (Å²) in [5.41, 5.74) is 0.270. The molecule has 0 bridgehead atoms. The van der Waals surface area contributed by atoms with Crippen LogP contribution in [-0.4, -0.2) is 5.11 Å². The Labute approximate surface area is 130 Å². The first-order valence-electron chi connectivity index (χ1n) is 6.15. The molecule has 2 nitrogen and oxygen atoms in total. The lowest BCUT2D eigenvalue weighted by molar-refractivity contribution is 0.0786. The van der Waals surface area contributed by atoms with Crippen LogP contribution in [0.1, 0.15) is 18.2 Å². The first kappa shape index (κ1) is 13.7. The molecule has 0 aliphatic carbocycles. The Morgan fingerprint density at radius 3 is 2.70 bits per heavy atom. The third-order valence-corrected chi connectivity index (χ3v) is 4.07. The number of furan rings is 1. The summed E-state index contributed by atoms with van der Waals surface area (Å²) < 4.78 is 6.67. The largest absolute Gasteiger partial charge is 0.458 e. The minimum absolute atomic E-state index is 0.493. The summed E-state index contributed by atoms with van der Waals surface area (Å²) in [6.45, 7) is 1.72. The molecule has 0 radical (unpaired) electrons. The zero-order chi connectivity index (χ0) is 14.3. The monoisotopic (exact) mass is 350 g/mol. The molecule has 1 aromatic heterocycles. The number of benzene rings is 2. The van der Waals surface area contributed by atoms with Crippen molar-refractivity contribution in [3.63, 3.8) is 0 Å². The summed E-state index contributed by atoms with van der Waals surface area (Å²) >= 11 is 9.38. The van der Waals surface area contributed by atoms with Gasteiger partial charge in [-0.3, -0.25) is 0 Å². The van der Waals surface area contributed by atoms with Gasteiger partial charge in [-0.25, -0.2) is 0 Å². The molecule has 0 saturated heterocycles. The van der Waals surface area contributed by atoms with Gasteiger partial charge in [0.2, 0.25) is 0 Å². The van der Waals surface area contributed by atoms with Crippen LogP contribution in [0.15, 0.2) is 57.4 Å². The molecule has 4 heteroatoms. The summed E-state index contributed by atoms with van der Waals surface area (Å²) in [4.78, 5) is 0. The van der Waals surface area contributed by atoms with E-state index in [4.69, 9.17) is 16.0 Å². The first-order chi connectivity index (χ1) is 9.46. The predicted molar refractivity (Wildman–Crippen MR) is 84.0 cm³/mol. The first-order valence-corrected chi connectivity index (χ1v) is 7.32. The van der Waals surface area contributed by atoms with Gasteiger partial charge in [-0.15, -0.1) is 0 Å². The van der Waals surface area contributed by atoms with Gasteiger partial charge in [0.25, 0.3) is 0 Å². The van der Waals surface area contributed by atoms with E-state index in [9.17, 15) is 5.11 Å². The van der Waals surface area contributed by atoms with Crippen LogP contribution in [0.2, 0.25) is 5.02 Å². The van der Waals surface area contributed by atoms with Gasteiger partial charge in [-0.05, 0) is 48.9 Å². The second-order valence-electron chi connectivity index (χ2n) is 4.88. The number of halogens is 2. The number of rotatable bonds is 2. The summed E-state index contributed by atoms with van der Waals surface area (Å²) in [7, 11) is 0. The molecule has 102 valence electrons. The smallest absolute Gasteiger partial charge is 0.144 e. The van der Waals surface area contributed by atoms with Crippen molar-refractivity contribution in [1.82, 2.24) is 0 Å². The molecular formula is C16H12BrClO2. The topological polar surface area (TPSA) is 33.4 Å². The fraction of sp³-hybridized carbons (Fsp3) is 0.125. The van der Waals surface area contributed by atoms with E-state index in [2.05, 4.69) is 15.9 Å². The maximum absolute atomic E-state index is 10.8. The third-order valence-electron chi connectivity index (χ3n) is 3.34. The van der Waals surface area contributed by atoms with Gasteiger partial charge in [-0.2, -0.15) is 0 Å². The van der Waals surface area contributed by atoms with E-state index < -0.39 is 5.60 Å². The third kappa shape index (κ3) is 2.37. The second-order valence-corrected chi connectivity index (χ2v) is 6.23. The van der Waals surface area contributed by atoms with Crippen molar-refractivity contribution in [3.05, 3.63) is 69.3 Å². The molecule has 3 aromatic rings. The van der Waals surface area contributed by atoms with Crippen molar-refractivity contribution < 1.29 is 9.52 Å². The van der Waals surface area contributed by atoms with Crippen LogP contribution >= 0.6 is 27.5 Å². The van der Waals surface area contributed by atoms with E-state index in [0.717, 1.165) is 15.4 Å². The van der Waals surface area contributed by atoms with Crippen LogP contribution in [0.3, 0.4) is 0 Å². The van der Waals surface area contributed by atoms with Crippen LogP contribution in [0.25, 0.3) is 11.0 Å². The molecule has 1 N–H and O–H groups in total. The minimum atomic E-state index is -1.20. The van der Waals surface area contributed by atoms with E-state index >= 15 is 0 Å². The number of fused-ring (bicyclic) bond motifs is 1. The van der Waals surface area contributed by atoms with Gasteiger partial charge in [-0.1, -0.05) is 39.7 Å². The quantitative estimate of drug-likeness (QED) is 0.696.